The maximum absolute atomic E-state index is 12.6. The number of nitrogens with one attached hydrogen (secondary N) is 1. The molecule has 1 aliphatic heterocycles. The lowest BCUT2D eigenvalue weighted by Gasteiger charge is -2.35. The highest BCUT2D eigenvalue weighted by Gasteiger charge is 2.31. The molecule has 2 amide bonds. The number of carbonyl (C=O) groups excluding carboxylic acids is 2. The zero-order valence-electron chi connectivity index (χ0n) is 13.8. The molecule has 3 rings (SSSR count). The van der Waals surface area contributed by atoms with Crippen LogP contribution in [0.25, 0.3) is 0 Å². The van der Waals surface area contributed by atoms with Crippen molar-refractivity contribution < 1.29 is 9.59 Å². The molecule has 2 heterocycles. The number of amides is 2. The van der Waals surface area contributed by atoms with Crippen molar-refractivity contribution in [1.82, 2.24) is 10.2 Å². The second kappa shape index (κ2) is 7.47. The van der Waals surface area contributed by atoms with Gasteiger partial charge in [0.25, 0.3) is 5.91 Å². The van der Waals surface area contributed by atoms with Crippen molar-refractivity contribution >= 4 is 23.2 Å². The number of thiophene rings is 1. The van der Waals surface area contributed by atoms with Crippen LogP contribution in [0.3, 0.4) is 0 Å². The van der Waals surface area contributed by atoms with Crippen LogP contribution in [0.4, 0.5) is 0 Å². The van der Waals surface area contributed by atoms with Gasteiger partial charge in [-0.15, -0.1) is 11.3 Å². The second-order valence-corrected chi connectivity index (χ2v) is 7.89. The van der Waals surface area contributed by atoms with Crippen LogP contribution < -0.4 is 5.32 Å². The van der Waals surface area contributed by atoms with Gasteiger partial charge in [0, 0.05) is 19.1 Å². The van der Waals surface area contributed by atoms with Crippen LogP contribution in [0.2, 0.25) is 0 Å². The van der Waals surface area contributed by atoms with Crippen LogP contribution in [0.1, 0.15) is 55.1 Å². The predicted molar refractivity (Wildman–Crippen MR) is 92.5 cm³/mol. The van der Waals surface area contributed by atoms with E-state index in [0.29, 0.717) is 18.5 Å². The lowest BCUT2D eigenvalue weighted by molar-refractivity contribution is -0.127. The van der Waals surface area contributed by atoms with Crippen molar-refractivity contribution in [3.05, 3.63) is 22.4 Å². The second-order valence-electron chi connectivity index (χ2n) is 6.94. The molecule has 1 aromatic rings. The van der Waals surface area contributed by atoms with E-state index < -0.39 is 0 Å². The molecule has 1 saturated heterocycles. The van der Waals surface area contributed by atoms with E-state index in [1.807, 2.05) is 22.4 Å². The summed E-state index contributed by atoms with van der Waals surface area (Å²) in [4.78, 5) is 27.7. The SMILES string of the molecule is C[C@@H]1CCCC[C@H]1NC(=O)[C@@H]1CCCN(C(=O)c2cccs2)C1. The Balaban J connectivity index is 1.57. The molecule has 0 spiro atoms. The Bertz CT molecular complexity index is 543. The molecule has 2 fully saturated rings. The van der Waals surface area contributed by atoms with E-state index in [1.165, 1.54) is 30.6 Å². The number of carbonyl (C=O) groups is 2. The Morgan fingerprint density at radius 3 is 2.78 bits per heavy atom. The van der Waals surface area contributed by atoms with Gasteiger partial charge in [-0.05, 0) is 43.0 Å². The van der Waals surface area contributed by atoms with Gasteiger partial charge in [-0.1, -0.05) is 25.8 Å². The third-order valence-corrected chi connectivity index (χ3v) is 6.11. The zero-order valence-corrected chi connectivity index (χ0v) is 14.6. The molecule has 0 bridgehead atoms. The number of likely N-dealkylation sites (tertiary alicyclic amines) is 1. The lowest BCUT2D eigenvalue weighted by atomic mass is 9.85. The van der Waals surface area contributed by atoms with E-state index in [1.54, 1.807) is 0 Å². The minimum atomic E-state index is -0.0539. The van der Waals surface area contributed by atoms with Gasteiger partial charge in [-0.25, -0.2) is 0 Å². The number of hydrogen-bond donors (Lipinski definition) is 1. The van der Waals surface area contributed by atoms with E-state index in [4.69, 9.17) is 0 Å². The van der Waals surface area contributed by atoms with Gasteiger partial charge < -0.3 is 10.2 Å². The summed E-state index contributed by atoms with van der Waals surface area (Å²) in [6.45, 7) is 3.56. The minimum absolute atomic E-state index is 0.0539. The van der Waals surface area contributed by atoms with Crippen molar-refractivity contribution in [3.8, 4) is 0 Å². The molecule has 1 aromatic heterocycles. The summed E-state index contributed by atoms with van der Waals surface area (Å²) in [6, 6.07) is 4.08. The fourth-order valence-electron chi connectivity index (χ4n) is 3.76. The molecular formula is C18H26N2O2S. The van der Waals surface area contributed by atoms with Gasteiger partial charge >= 0.3 is 0 Å². The first-order chi connectivity index (χ1) is 11.1. The number of rotatable bonds is 3. The normalized spacial score (nSPS) is 28.4. The summed E-state index contributed by atoms with van der Waals surface area (Å²) in [7, 11) is 0. The van der Waals surface area contributed by atoms with E-state index in [0.717, 1.165) is 30.7 Å². The Kier molecular flexibility index (Phi) is 5.36. The molecule has 4 nitrogen and oxygen atoms in total. The summed E-state index contributed by atoms with van der Waals surface area (Å²) < 4.78 is 0. The van der Waals surface area contributed by atoms with Crippen LogP contribution in [-0.2, 0) is 4.79 Å². The van der Waals surface area contributed by atoms with Gasteiger partial charge in [0.1, 0.15) is 0 Å². The Morgan fingerprint density at radius 2 is 2.04 bits per heavy atom. The third-order valence-electron chi connectivity index (χ3n) is 5.25. The average molecular weight is 334 g/mol. The van der Waals surface area contributed by atoms with E-state index in [-0.39, 0.29) is 17.7 Å². The van der Waals surface area contributed by atoms with Crippen LogP contribution >= 0.6 is 11.3 Å². The molecule has 0 aromatic carbocycles. The summed E-state index contributed by atoms with van der Waals surface area (Å²) in [5.41, 5.74) is 0. The van der Waals surface area contributed by atoms with Crippen LogP contribution in [0.5, 0.6) is 0 Å². The van der Waals surface area contributed by atoms with Crippen molar-refractivity contribution in [2.75, 3.05) is 13.1 Å². The molecule has 5 heteroatoms. The van der Waals surface area contributed by atoms with Crippen molar-refractivity contribution in [3.63, 3.8) is 0 Å². The van der Waals surface area contributed by atoms with E-state index in [9.17, 15) is 9.59 Å². The summed E-state index contributed by atoms with van der Waals surface area (Å²) in [6.07, 6.45) is 6.59. The molecule has 1 aliphatic carbocycles. The molecule has 23 heavy (non-hydrogen) atoms. The van der Waals surface area contributed by atoms with Gasteiger partial charge in [0.05, 0.1) is 10.8 Å². The molecular weight excluding hydrogens is 308 g/mol. The highest BCUT2D eigenvalue weighted by molar-refractivity contribution is 7.12. The molecule has 126 valence electrons. The molecule has 3 atom stereocenters. The largest absolute Gasteiger partial charge is 0.353 e. The van der Waals surface area contributed by atoms with Crippen molar-refractivity contribution in [2.24, 2.45) is 11.8 Å². The third kappa shape index (κ3) is 3.94. The summed E-state index contributed by atoms with van der Waals surface area (Å²) in [5.74, 6) is 0.734. The fourth-order valence-corrected chi connectivity index (χ4v) is 4.45. The first-order valence-electron chi connectivity index (χ1n) is 8.78. The molecule has 2 aliphatic rings. The summed E-state index contributed by atoms with van der Waals surface area (Å²) >= 11 is 1.47. The fraction of sp³-hybridized carbons (Fsp3) is 0.667. The number of nitrogens with zero attached hydrogens (tertiary/aromatic N) is 1. The zero-order chi connectivity index (χ0) is 16.2. The number of piperidine rings is 1. The Labute approximate surface area is 142 Å². The minimum Gasteiger partial charge on any atom is -0.353 e. The van der Waals surface area contributed by atoms with E-state index >= 15 is 0 Å². The molecule has 1 saturated carbocycles. The van der Waals surface area contributed by atoms with Gasteiger partial charge in [-0.2, -0.15) is 0 Å². The molecule has 0 radical (unpaired) electrons. The van der Waals surface area contributed by atoms with Crippen molar-refractivity contribution in [2.45, 2.75) is 51.5 Å². The van der Waals surface area contributed by atoms with E-state index in [2.05, 4.69) is 12.2 Å². The smallest absolute Gasteiger partial charge is 0.263 e. The maximum atomic E-state index is 12.6. The van der Waals surface area contributed by atoms with Gasteiger partial charge in [0.2, 0.25) is 5.91 Å². The Hall–Kier alpha value is -1.36. The highest BCUT2D eigenvalue weighted by Crippen LogP contribution is 2.25. The van der Waals surface area contributed by atoms with Crippen LogP contribution in [-0.4, -0.2) is 35.8 Å². The lowest BCUT2D eigenvalue weighted by Crippen LogP contribution is -2.49. The standard InChI is InChI=1S/C18H26N2O2S/c1-13-6-2-3-8-15(13)19-17(21)14-7-4-10-20(12-14)18(22)16-9-5-11-23-16/h5,9,11,13-15H,2-4,6-8,10,12H2,1H3,(H,19,21)/t13-,14-,15-/m1/s1. The monoisotopic (exact) mass is 334 g/mol. The average Bonchev–Trinajstić information content (AvgIpc) is 3.11. The Morgan fingerprint density at radius 1 is 1.22 bits per heavy atom. The first kappa shape index (κ1) is 16.5. The molecule has 0 unspecified atom stereocenters. The summed E-state index contributed by atoms with van der Waals surface area (Å²) in [5, 5.41) is 5.18. The van der Waals surface area contributed by atoms with Crippen molar-refractivity contribution in [1.29, 1.82) is 0 Å². The molecule has 1 N–H and O–H groups in total. The maximum Gasteiger partial charge on any atom is 0.263 e. The van der Waals surface area contributed by atoms with Gasteiger partial charge in [0.15, 0.2) is 0 Å². The quantitative estimate of drug-likeness (QED) is 0.922. The predicted octanol–water partition coefficient (Wildman–Crippen LogP) is 3.30. The van der Waals surface area contributed by atoms with Gasteiger partial charge in [-0.3, -0.25) is 9.59 Å². The highest BCUT2D eigenvalue weighted by atomic mass is 32.1. The topological polar surface area (TPSA) is 49.4 Å². The van der Waals surface area contributed by atoms with Crippen LogP contribution in [0.15, 0.2) is 17.5 Å². The first-order valence-corrected chi connectivity index (χ1v) is 9.66. The number of hydrogen-bond acceptors (Lipinski definition) is 3. The van der Waals surface area contributed by atoms with Crippen LogP contribution in [0, 0.1) is 11.8 Å².